The SMILES string of the molecule is CN(C(=S)SCC#N)c1cccnc1.CNc1cccnc1. The molecule has 0 spiro atoms. The highest BCUT2D eigenvalue weighted by molar-refractivity contribution is 8.23. The second kappa shape index (κ2) is 10.5. The summed E-state index contributed by atoms with van der Waals surface area (Å²) < 4.78 is 0.680. The van der Waals surface area contributed by atoms with Crippen molar-refractivity contribution in [3.63, 3.8) is 0 Å². The van der Waals surface area contributed by atoms with Gasteiger partial charge in [0.2, 0.25) is 0 Å². The average Bonchev–Trinajstić information content (AvgIpc) is 2.61. The van der Waals surface area contributed by atoms with Crippen LogP contribution < -0.4 is 10.2 Å². The number of hydrogen-bond acceptors (Lipinski definition) is 6. The topological polar surface area (TPSA) is 64.8 Å². The lowest BCUT2D eigenvalue weighted by Crippen LogP contribution is -2.21. The van der Waals surface area contributed by atoms with Gasteiger partial charge in [0, 0.05) is 32.7 Å². The highest BCUT2D eigenvalue weighted by Gasteiger charge is 2.06. The molecule has 0 atom stereocenters. The van der Waals surface area contributed by atoms with E-state index in [1.54, 1.807) is 24.8 Å². The molecule has 0 fully saturated rings. The van der Waals surface area contributed by atoms with Crippen molar-refractivity contribution in [2.45, 2.75) is 0 Å². The van der Waals surface area contributed by atoms with E-state index in [4.69, 9.17) is 17.5 Å². The summed E-state index contributed by atoms with van der Waals surface area (Å²) >= 11 is 6.48. The van der Waals surface area contributed by atoms with Crippen LogP contribution in [0.3, 0.4) is 0 Å². The average molecular weight is 331 g/mol. The summed E-state index contributed by atoms with van der Waals surface area (Å²) in [5.74, 6) is 0.378. The number of thioether (sulfide) groups is 1. The molecular weight excluding hydrogens is 314 g/mol. The van der Waals surface area contributed by atoms with Gasteiger partial charge in [-0.05, 0) is 24.3 Å². The molecule has 0 saturated heterocycles. The molecule has 2 heterocycles. The van der Waals surface area contributed by atoms with Gasteiger partial charge in [0.15, 0.2) is 0 Å². The number of anilines is 2. The molecule has 0 aromatic carbocycles. The Labute approximate surface area is 140 Å². The van der Waals surface area contributed by atoms with Gasteiger partial charge in [-0.2, -0.15) is 5.26 Å². The van der Waals surface area contributed by atoms with Crippen molar-refractivity contribution in [3.8, 4) is 6.07 Å². The Kier molecular flexibility index (Phi) is 8.57. The number of pyridine rings is 2. The molecule has 1 N–H and O–H groups in total. The van der Waals surface area contributed by atoms with Crippen LogP contribution in [0.15, 0.2) is 49.1 Å². The highest BCUT2D eigenvalue weighted by atomic mass is 32.2. The Morgan fingerprint density at radius 1 is 1.32 bits per heavy atom. The standard InChI is InChI=1S/C9H9N3S2.C6H8N2/c1-12(9(13)14-6-4-10)8-3-2-5-11-7-8;1-7-6-3-2-4-8-5-6/h2-3,5,7H,6H2,1H3;2-5,7H,1H3. The van der Waals surface area contributed by atoms with Crippen molar-refractivity contribution in [2.24, 2.45) is 0 Å². The highest BCUT2D eigenvalue weighted by Crippen LogP contribution is 2.15. The van der Waals surface area contributed by atoms with E-state index in [0.717, 1.165) is 11.4 Å². The summed E-state index contributed by atoms with van der Waals surface area (Å²) in [5, 5.41) is 11.4. The minimum absolute atomic E-state index is 0.378. The van der Waals surface area contributed by atoms with E-state index >= 15 is 0 Å². The van der Waals surface area contributed by atoms with Gasteiger partial charge in [0.25, 0.3) is 0 Å². The van der Waals surface area contributed by atoms with Gasteiger partial charge in [-0.15, -0.1) is 0 Å². The number of nitrogens with one attached hydrogen (secondary N) is 1. The summed E-state index contributed by atoms with van der Waals surface area (Å²) in [6, 6.07) is 9.67. The minimum atomic E-state index is 0.378. The van der Waals surface area contributed by atoms with Crippen LogP contribution >= 0.6 is 24.0 Å². The van der Waals surface area contributed by atoms with Gasteiger partial charge in [0.1, 0.15) is 4.32 Å². The first kappa shape index (κ1) is 17.9. The number of thiocarbonyl (C=S) groups is 1. The Bertz CT molecular complexity index is 598. The van der Waals surface area contributed by atoms with Crippen LogP contribution in [0.5, 0.6) is 0 Å². The van der Waals surface area contributed by atoms with Crippen LogP contribution in [-0.2, 0) is 0 Å². The summed E-state index contributed by atoms with van der Waals surface area (Å²) in [6.45, 7) is 0. The molecule has 2 rings (SSSR count). The van der Waals surface area contributed by atoms with E-state index in [-0.39, 0.29) is 0 Å². The molecule has 0 radical (unpaired) electrons. The molecule has 0 unspecified atom stereocenters. The van der Waals surface area contributed by atoms with Gasteiger partial charge in [-0.3, -0.25) is 9.97 Å². The van der Waals surface area contributed by atoms with Crippen LogP contribution in [0.2, 0.25) is 0 Å². The van der Waals surface area contributed by atoms with Crippen molar-refractivity contribution >= 4 is 39.7 Å². The maximum Gasteiger partial charge on any atom is 0.141 e. The fourth-order valence-corrected chi connectivity index (χ4v) is 2.13. The molecule has 5 nitrogen and oxygen atoms in total. The summed E-state index contributed by atoms with van der Waals surface area (Å²) in [7, 11) is 3.74. The molecule has 114 valence electrons. The first-order chi connectivity index (χ1) is 10.7. The third-order valence-corrected chi connectivity index (χ3v) is 3.94. The van der Waals surface area contributed by atoms with E-state index in [1.807, 2.05) is 49.3 Å². The van der Waals surface area contributed by atoms with E-state index < -0.39 is 0 Å². The molecule has 2 aromatic rings. The predicted octanol–water partition coefficient (Wildman–Crippen LogP) is 3.18. The Hall–Kier alpha value is -2.17. The molecule has 7 heteroatoms. The zero-order valence-electron chi connectivity index (χ0n) is 12.4. The third kappa shape index (κ3) is 6.52. The van der Waals surface area contributed by atoms with E-state index in [2.05, 4.69) is 15.3 Å². The maximum absolute atomic E-state index is 8.41. The van der Waals surface area contributed by atoms with Gasteiger partial charge >= 0.3 is 0 Å². The molecule has 22 heavy (non-hydrogen) atoms. The Morgan fingerprint density at radius 2 is 2.00 bits per heavy atom. The summed E-state index contributed by atoms with van der Waals surface area (Å²) in [5.41, 5.74) is 1.98. The lowest BCUT2D eigenvalue weighted by Gasteiger charge is -2.17. The number of nitriles is 1. The predicted molar refractivity (Wildman–Crippen MR) is 97.1 cm³/mol. The van der Waals surface area contributed by atoms with Gasteiger partial charge < -0.3 is 10.2 Å². The monoisotopic (exact) mass is 331 g/mol. The molecule has 0 aliphatic rings. The molecule has 0 saturated carbocycles. The number of nitrogens with zero attached hydrogens (tertiary/aromatic N) is 4. The van der Waals surface area contributed by atoms with Gasteiger partial charge in [-0.25, -0.2) is 0 Å². The van der Waals surface area contributed by atoms with E-state index in [1.165, 1.54) is 11.8 Å². The second-order valence-electron chi connectivity index (χ2n) is 3.97. The van der Waals surface area contributed by atoms with Crippen LogP contribution in [-0.4, -0.2) is 34.1 Å². The third-order valence-electron chi connectivity index (χ3n) is 2.52. The molecule has 0 aliphatic heterocycles. The van der Waals surface area contributed by atoms with Crippen LogP contribution in [0.25, 0.3) is 0 Å². The quantitative estimate of drug-likeness (QED) is 0.866. The minimum Gasteiger partial charge on any atom is -0.387 e. The molecular formula is C15H17N5S2. The number of rotatable bonds is 3. The zero-order valence-corrected chi connectivity index (χ0v) is 14.1. The second-order valence-corrected chi connectivity index (χ2v) is 5.58. The molecule has 0 amide bonds. The van der Waals surface area contributed by atoms with E-state index in [0.29, 0.717) is 10.1 Å². The van der Waals surface area contributed by atoms with Crippen LogP contribution in [0.1, 0.15) is 0 Å². The van der Waals surface area contributed by atoms with Crippen LogP contribution in [0, 0.1) is 11.3 Å². The molecule has 2 aromatic heterocycles. The first-order valence-corrected chi connectivity index (χ1v) is 7.83. The van der Waals surface area contributed by atoms with Gasteiger partial charge in [-0.1, -0.05) is 24.0 Å². The lowest BCUT2D eigenvalue weighted by molar-refractivity contribution is 1.24. The first-order valence-electron chi connectivity index (χ1n) is 6.44. The normalized spacial score (nSPS) is 8.95. The zero-order chi connectivity index (χ0) is 16.2. The van der Waals surface area contributed by atoms with Crippen molar-refractivity contribution < 1.29 is 0 Å². The largest absolute Gasteiger partial charge is 0.387 e. The number of aromatic nitrogens is 2. The van der Waals surface area contributed by atoms with Crippen molar-refractivity contribution in [1.82, 2.24) is 9.97 Å². The lowest BCUT2D eigenvalue weighted by atomic mass is 10.4. The van der Waals surface area contributed by atoms with Gasteiger partial charge in [0.05, 0.1) is 29.4 Å². The Morgan fingerprint density at radius 3 is 2.45 bits per heavy atom. The molecule has 0 aliphatic carbocycles. The van der Waals surface area contributed by atoms with Crippen LogP contribution in [0.4, 0.5) is 11.4 Å². The fourth-order valence-electron chi connectivity index (χ4n) is 1.36. The van der Waals surface area contributed by atoms with Crippen molar-refractivity contribution in [3.05, 3.63) is 49.1 Å². The fraction of sp³-hybridized carbons (Fsp3) is 0.200. The maximum atomic E-state index is 8.41. The smallest absolute Gasteiger partial charge is 0.141 e. The summed E-state index contributed by atoms with van der Waals surface area (Å²) in [4.78, 5) is 9.72. The number of hydrogen-bond donors (Lipinski definition) is 1. The Balaban J connectivity index is 0.000000255. The van der Waals surface area contributed by atoms with Crippen molar-refractivity contribution in [2.75, 3.05) is 30.1 Å². The van der Waals surface area contributed by atoms with E-state index in [9.17, 15) is 0 Å². The van der Waals surface area contributed by atoms with Crippen molar-refractivity contribution in [1.29, 1.82) is 5.26 Å². The summed E-state index contributed by atoms with van der Waals surface area (Å²) in [6.07, 6.45) is 6.98. The molecule has 0 bridgehead atoms.